The van der Waals surface area contributed by atoms with E-state index < -0.39 is 27.2 Å². The molecule has 10 nitrogen and oxygen atoms in total. The van der Waals surface area contributed by atoms with E-state index in [0.717, 1.165) is 16.3 Å². The minimum atomic E-state index is -4.13. The summed E-state index contributed by atoms with van der Waals surface area (Å²) < 4.78 is 70.8. The fraction of sp³-hybridized carbons (Fsp3) is 0.240. The van der Waals surface area contributed by atoms with Crippen LogP contribution < -0.4 is 14.2 Å². The molecule has 0 bridgehead atoms. The summed E-state index contributed by atoms with van der Waals surface area (Å²) in [6.07, 6.45) is 2.28. The van der Waals surface area contributed by atoms with Crippen molar-refractivity contribution in [3.05, 3.63) is 71.4 Å². The normalized spacial score (nSPS) is 15.3. The van der Waals surface area contributed by atoms with Crippen molar-refractivity contribution in [1.82, 2.24) is 0 Å². The quantitative estimate of drug-likeness (QED) is 0.120. The average molecular weight is 580 g/mol. The Morgan fingerprint density at radius 2 is 1.95 bits per heavy atom. The van der Waals surface area contributed by atoms with Crippen molar-refractivity contribution >= 4 is 66.7 Å². The monoisotopic (exact) mass is 579 g/mol. The average Bonchev–Trinajstić information content (AvgIpc) is 3.38. The van der Waals surface area contributed by atoms with Gasteiger partial charge in [0.25, 0.3) is 15.6 Å². The number of hydrogen-bond donors (Lipinski definition) is 2. The highest BCUT2D eigenvalue weighted by Crippen LogP contribution is 2.41. The standard InChI is InChI=1S/C25H23ClN2O8S2/c26-18-8-10-21-20(15-18)27(11-3-13-34-37(29)30)23(35-21)16-24-28(12-4-14-38(31,32)33)25-19-6-2-1-5-17(19)7-9-22(25)36-24/h1-2,5-10,15-16H,3-4,11-14H2,(H-,29,30,31,32,33)/p+1. The van der Waals surface area contributed by atoms with Crippen LogP contribution in [-0.4, -0.2) is 40.6 Å². The number of anilines is 1. The van der Waals surface area contributed by atoms with E-state index in [1.165, 1.54) is 0 Å². The second-order valence-electron chi connectivity index (χ2n) is 8.61. The van der Waals surface area contributed by atoms with E-state index in [9.17, 15) is 17.2 Å². The summed E-state index contributed by atoms with van der Waals surface area (Å²) in [5, 5.41) is 2.44. The molecular formula is C25H24ClN2O8S2+. The van der Waals surface area contributed by atoms with E-state index in [4.69, 9.17) is 29.5 Å². The zero-order chi connectivity index (χ0) is 26.9. The number of ether oxygens (including phenoxy) is 1. The van der Waals surface area contributed by atoms with E-state index in [1.807, 2.05) is 45.9 Å². The number of fused-ring (bicyclic) bond motifs is 4. The van der Waals surface area contributed by atoms with Gasteiger partial charge in [0, 0.05) is 18.0 Å². The molecule has 1 unspecified atom stereocenters. The highest BCUT2D eigenvalue weighted by Gasteiger charge is 2.31. The lowest BCUT2D eigenvalue weighted by molar-refractivity contribution is -0.677. The van der Waals surface area contributed by atoms with Gasteiger partial charge in [0.15, 0.2) is 12.3 Å². The van der Waals surface area contributed by atoms with Gasteiger partial charge in [0.05, 0.1) is 23.4 Å². The van der Waals surface area contributed by atoms with E-state index in [2.05, 4.69) is 0 Å². The highest BCUT2D eigenvalue weighted by molar-refractivity contribution is 7.85. The summed E-state index contributed by atoms with van der Waals surface area (Å²) in [5.41, 5.74) is 2.11. The molecule has 0 fully saturated rings. The minimum absolute atomic E-state index is 0.0506. The van der Waals surface area contributed by atoms with Crippen molar-refractivity contribution in [3.8, 4) is 5.75 Å². The number of oxazole rings is 1. The number of aryl methyl sites for hydroxylation is 1. The van der Waals surface area contributed by atoms with Crippen molar-refractivity contribution in [1.29, 1.82) is 0 Å². The number of aromatic nitrogens is 1. The first kappa shape index (κ1) is 26.6. The van der Waals surface area contributed by atoms with Crippen LogP contribution >= 0.6 is 11.6 Å². The van der Waals surface area contributed by atoms with Crippen LogP contribution in [0.3, 0.4) is 0 Å². The third-order valence-corrected chi connectivity index (χ3v) is 7.46. The predicted octanol–water partition coefficient (Wildman–Crippen LogP) is 4.55. The Labute approximate surface area is 226 Å². The number of rotatable bonds is 10. The fourth-order valence-corrected chi connectivity index (χ4v) is 5.40. The number of halogens is 1. The molecule has 1 aliphatic heterocycles. The third kappa shape index (κ3) is 5.85. The van der Waals surface area contributed by atoms with Gasteiger partial charge in [-0.25, -0.2) is 0 Å². The maximum absolute atomic E-state index is 11.4. The molecule has 0 saturated carbocycles. The highest BCUT2D eigenvalue weighted by atomic mass is 35.5. The summed E-state index contributed by atoms with van der Waals surface area (Å²) in [7, 11) is -4.13. The molecular weight excluding hydrogens is 556 g/mol. The number of benzene rings is 3. The SMILES string of the molecule is O=S(O)OCCCN1C(=Cc2oc3ccc4ccccc4c3[n+]2CCCS(=O)(=O)O)Oc2ccc(Cl)cc21. The van der Waals surface area contributed by atoms with Crippen LogP contribution in [0.2, 0.25) is 5.02 Å². The first-order chi connectivity index (χ1) is 18.2. The molecule has 5 rings (SSSR count). The molecule has 0 saturated heterocycles. The van der Waals surface area contributed by atoms with Crippen LogP contribution in [0.5, 0.6) is 5.75 Å². The van der Waals surface area contributed by atoms with Gasteiger partial charge >= 0.3 is 17.3 Å². The van der Waals surface area contributed by atoms with Gasteiger partial charge < -0.3 is 14.1 Å². The van der Waals surface area contributed by atoms with Gasteiger partial charge in [0.2, 0.25) is 11.5 Å². The second kappa shape index (κ2) is 11.0. The minimum Gasteiger partial charge on any atom is -0.438 e. The summed E-state index contributed by atoms with van der Waals surface area (Å²) in [4.78, 5) is 1.86. The Kier molecular flexibility index (Phi) is 7.70. The lowest BCUT2D eigenvalue weighted by atomic mass is 10.1. The Bertz CT molecular complexity index is 1670. The van der Waals surface area contributed by atoms with Crippen LogP contribution in [0.4, 0.5) is 5.69 Å². The summed E-state index contributed by atoms with van der Waals surface area (Å²) in [6.45, 7) is 0.701. The molecule has 200 valence electrons. The summed E-state index contributed by atoms with van der Waals surface area (Å²) >= 11 is 3.88. The Balaban J connectivity index is 1.57. The van der Waals surface area contributed by atoms with Crippen LogP contribution in [0, 0.1) is 0 Å². The number of hydrogen-bond acceptors (Lipinski definition) is 7. The first-order valence-electron chi connectivity index (χ1n) is 11.7. The zero-order valence-electron chi connectivity index (χ0n) is 19.9. The van der Waals surface area contributed by atoms with Crippen LogP contribution in [0.25, 0.3) is 27.9 Å². The van der Waals surface area contributed by atoms with Gasteiger partial charge in [0.1, 0.15) is 6.08 Å². The van der Waals surface area contributed by atoms with Crippen LogP contribution in [-0.2, 0) is 32.2 Å². The van der Waals surface area contributed by atoms with E-state index >= 15 is 0 Å². The van der Waals surface area contributed by atoms with E-state index in [-0.39, 0.29) is 19.6 Å². The summed E-state index contributed by atoms with van der Waals surface area (Å²) in [5.74, 6) is 1.02. The molecule has 3 aromatic carbocycles. The lowest BCUT2D eigenvalue weighted by Gasteiger charge is -2.17. The Morgan fingerprint density at radius 3 is 2.74 bits per heavy atom. The molecule has 1 aromatic heterocycles. The molecule has 13 heteroatoms. The zero-order valence-corrected chi connectivity index (χ0v) is 22.3. The lowest BCUT2D eigenvalue weighted by Crippen LogP contribution is -2.37. The molecule has 0 radical (unpaired) electrons. The van der Waals surface area contributed by atoms with Crippen LogP contribution in [0.1, 0.15) is 18.7 Å². The largest absolute Gasteiger partial charge is 0.438 e. The predicted molar refractivity (Wildman–Crippen MR) is 144 cm³/mol. The second-order valence-corrected chi connectivity index (χ2v) is 11.3. The molecule has 0 amide bonds. The van der Waals surface area contributed by atoms with Gasteiger partial charge in [-0.2, -0.15) is 17.2 Å². The Morgan fingerprint density at radius 1 is 1.13 bits per heavy atom. The molecule has 2 N–H and O–H groups in total. The molecule has 0 aliphatic carbocycles. The summed E-state index contributed by atoms with van der Waals surface area (Å²) in [6, 6.07) is 16.8. The van der Waals surface area contributed by atoms with Crippen molar-refractivity contribution in [2.45, 2.75) is 19.4 Å². The van der Waals surface area contributed by atoms with Gasteiger partial charge in [-0.05, 0) is 42.1 Å². The van der Waals surface area contributed by atoms with Gasteiger partial charge in [-0.3, -0.25) is 13.3 Å². The topological polar surface area (TPSA) is 130 Å². The van der Waals surface area contributed by atoms with Crippen molar-refractivity contribution in [2.24, 2.45) is 0 Å². The maximum atomic E-state index is 11.4. The van der Waals surface area contributed by atoms with Gasteiger partial charge in [-0.1, -0.05) is 35.9 Å². The van der Waals surface area contributed by atoms with E-state index in [1.54, 1.807) is 24.3 Å². The van der Waals surface area contributed by atoms with Crippen LogP contribution in [0.15, 0.2) is 64.9 Å². The molecule has 38 heavy (non-hydrogen) atoms. The van der Waals surface area contributed by atoms with Crippen molar-refractivity contribution in [2.75, 3.05) is 23.8 Å². The first-order valence-corrected chi connectivity index (χ1v) is 14.7. The van der Waals surface area contributed by atoms with Crippen molar-refractivity contribution in [3.63, 3.8) is 0 Å². The van der Waals surface area contributed by atoms with Gasteiger partial charge in [-0.15, -0.1) is 0 Å². The molecule has 0 spiro atoms. The van der Waals surface area contributed by atoms with E-state index in [0.29, 0.717) is 46.8 Å². The maximum Gasteiger partial charge on any atom is 0.379 e. The molecule has 1 aliphatic rings. The van der Waals surface area contributed by atoms with Crippen molar-refractivity contribution < 1.29 is 39.6 Å². The number of nitrogens with zero attached hydrogens (tertiary/aromatic N) is 2. The molecule has 1 atom stereocenters. The smallest absolute Gasteiger partial charge is 0.379 e. The fourth-order valence-electron chi connectivity index (χ4n) is 4.48. The molecule has 2 heterocycles. The molecule has 4 aromatic rings. The Hall–Kier alpha value is -3.00. The third-order valence-electron chi connectivity index (χ3n) is 6.05.